The summed E-state index contributed by atoms with van der Waals surface area (Å²) in [6.45, 7) is 3.15. The third-order valence-corrected chi connectivity index (χ3v) is 3.33. The second-order valence-electron chi connectivity index (χ2n) is 3.36. The minimum atomic E-state index is 0.364. The molecule has 3 nitrogen and oxygen atoms in total. The van der Waals surface area contributed by atoms with Gasteiger partial charge >= 0.3 is 0 Å². The van der Waals surface area contributed by atoms with E-state index in [9.17, 15) is 0 Å². The molecule has 0 saturated carbocycles. The van der Waals surface area contributed by atoms with Gasteiger partial charge in [-0.05, 0) is 12.8 Å². The van der Waals surface area contributed by atoms with Gasteiger partial charge in [-0.1, -0.05) is 11.8 Å². The number of nitrogens with two attached hydrogens (primary N) is 1. The second-order valence-corrected chi connectivity index (χ2v) is 4.42. The minimum Gasteiger partial charge on any atom is -0.350 e. The Morgan fingerprint density at radius 1 is 1.58 bits per heavy atom. The van der Waals surface area contributed by atoms with E-state index in [1.807, 2.05) is 11.8 Å². The van der Waals surface area contributed by atoms with Crippen LogP contribution in [0, 0.1) is 0 Å². The van der Waals surface area contributed by atoms with E-state index in [-0.39, 0.29) is 0 Å². The maximum atomic E-state index is 5.89. The van der Waals surface area contributed by atoms with Gasteiger partial charge in [0, 0.05) is 24.9 Å². The third kappa shape index (κ3) is 1.75. The zero-order valence-corrected chi connectivity index (χ0v) is 8.02. The van der Waals surface area contributed by atoms with Crippen molar-refractivity contribution in [2.45, 2.75) is 18.9 Å². The van der Waals surface area contributed by atoms with Gasteiger partial charge in [0.05, 0.1) is 6.54 Å². The molecule has 1 fully saturated rings. The number of thioether (sulfide) groups is 1. The normalized spacial score (nSPS) is 30.6. The van der Waals surface area contributed by atoms with Gasteiger partial charge in [-0.3, -0.25) is 4.99 Å². The topological polar surface area (TPSA) is 41.6 Å². The smallest absolute Gasteiger partial charge is 0.159 e. The number of hydrogen-bond acceptors (Lipinski definition) is 4. The van der Waals surface area contributed by atoms with Crippen molar-refractivity contribution >= 4 is 16.9 Å². The van der Waals surface area contributed by atoms with Crippen LogP contribution in [-0.4, -0.2) is 41.5 Å². The van der Waals surface area contributed by atoms with Crippen molar-refractivity contribution in [2.24, 2.45) is 10.7 Å². The molecular formula is C8H15N3S. The Bertz CT molecular complexity index is 193. The minimum absolute atomic E-state index is 0.364. The van der Waals surface area contributed by atoms with Gasteiger partial charge in [0.1, 0.15) is 0 Å². The molecule has 0 amide bonds. The number of piperidine rings is 1. The van der Waals surface area contributed by atoms with Crippen LogP contribution in [0.1, 0.15) is 12.8 Å². The Morgan fingerprint density at radius 2 is 2.50 bits per heavy atom. The van der Waals surface area contributed by atoms with Gasteiger partial charge in [0.2, 0.25) is 0 Å². The van der Waals surface area contributed by atoms with Gasteiger partial charge in [0.15, 0.2) is 5.17 Å². The molecule has 0 radical (unpaired) electrons. The van der Waals surface area contributed by atoms with Crippen molar-refractivity contribution < 1.29 is 0 Å². The predicted molar refractivity (Wildman–Crippen MR) is 53.5 cm³/mol. The molecule has 2 heterocycles. The van der Waals surface area contributed by atoms with Crippen molar-refractivity contribution in [2.75, 3.05) is 25.4 Å². The van der Waals surface area contributed by atoms with Gasteiger partial charge in [-0.2, -0.15) is 0 Å². The highest BCUT2D eigenvalue weighted by atomic mass is 32.2. The predicted octanol–water partition coefficient (Wildman–Crippen LogP) is 0.512. The van der Waals surface area contributed by atoms with Crippen LogP contribution < -0.4 is 5.73 Å². The zero-order valence-electron chi connectivity index (χ0n) is 7.20. The Hall–Kier alpha value is -0.220. The Balaban J connectivity index is 1.94. The van der Waals surface area contributed by atoms with Crippen LogP contribution in [0.2, 0.25) is 0 Å². The molecule has 2 N–H and O–H groups in total. The van der Waals surface area contributed by atoms with E-state index < -0.39 is 0 Å². The highest BCUT2D eigenvalue weighted by molar-refractivity contribution is 8.14. The average Bonchev–Trinajstić information content (AvgIpc) is 2.56. The first-order chi connectivity index (χ1) is 5.86. The zero-order chi connectivity index (χ0) is 8.39. The van der Waals surface area contributed by atoms with E-state index in [0.29, 0.717) is 6.04 Å². The first kappa shape index (κ1) is 8.38. The summed E-state index contributed by atoms with van der Waals surface area (Å²) in [5, 5.41) is 1.23. The first-order valence-corrected chi connectivity index (χ1v) is 5.52. The fourth-order valence-corrected chi connectivity index (χ4v) is 2.59. The van der Waals surface area contributed by atoms with Gasteiger partial charge < -0.3 is 10.6 Å². The van der Waals surface area contributed by atoms with Gasteiger partial charge in [-0.25, -0.2) is 0 Å². The average molecular weight is 185 g/mol. The lowest BCUT2D eigenvalue weighted by molar-refractivity contribution is 0.314. The molecule has 12 heavy (non-hydrogen) atoms. The molecule has 1 unspecified atom stereocenters. The molecule has 68 valence electrons. The highest BCUT2D eigenvalue weighted by Gasteiger charge is 2.21. The number of hydrogen-bond donors (Lipinski definition) is 1. The maximum absolute atomic E-state index is 5.89. The molecule has 1 saturated heterocycles. The highest BCUT2D eigenvalue weighted by Crippen LogP contribution is 2.19. The van der Waals surface area contributed by atoms with Crippen LogP contribution in [0.3, 0.4) is 0 Å². The lowest BCUT2D eigenvalue weighted by Crippen LogP contribution is -2.44. The lowest BCUT2D eigenvalue weighted by atomic mass is 10.1. The standard InChI is InChI=1S/C8H15N3S/c9-7-2-1-4-11(6-7)8-10-3-5-12-8/h7H,1-6,9H2. The van der Waals surface area contributed by atoms with Crippen molar-refractivity contribution in [3.8, 4) is 0 Å². The van der Waals surface area contributed by atoms with Crippen molar-refractivity contribution in [1.29, 1.82) is 0 Å². The Labute approximate surface area is 77.4 Å². The Kier molecular flexibility index (Phi) is 2.56. The van der Waals surface area contributed by atoms with Crippen LogP contribution in [0.5, 0.6) is 0 Å². The summed E-state index contributed by atoms with van der Waals surface area (Å²) < 4.78 is 0. The molecule has 2 aliphatic rings. The number of rotatable bonds is 0. The number of amidine groups is 1. The molecule has 2 aliphatic heterocycles. The summed E-state index contributed by atoms with van der Waals surface area (Å²) in [6, 6.07) is 0.364. The van der Waals surface area contributed by atoms with E-state index in [1.54, 1.807) is 0 Å². The van der Waals surface area contributed by atoms with E-state index in [4.69, 9.17) is 5.73 Å². The Morgan fingerprint density at radius 3 is 3.17 bits per heavy atom. The quantitative estimate of drug-likeness (QED) is 0.598. The van der Waals surface area contributed by atoms with Crippen LogP contribution in [0.25, 0.3) is 0 Å². The van der Waals surface area contributed by atoms with E-state index in [2.05, 4.69) is 9.89 Å². The van der Waals surface area contributed by atoms with E-state index in [1.165, 1.54) is 18.0 Å². The molecule has 0 aromatic rings. The lowest BCUT2D eigenvalue weighted by Gasteiger charge is -2.31. The summed E-state index contributed by atoms with van der Waals surface area (Å²) in [7, 11) is 0. The van der Waals surface area contributed by atoms with Crippen LogP contribution in [0.4, 0.5) is 0 Å². The molecule has 2 rings (SSSR count). The molecular weight excluding hydrogens is 170 g/mol. The summed E-state index contributed by atoms with van der Waals surface area (Å²) in [5.74, 6) is 1.15. The van der Waals surface area contributed by atoms with Crippen molar-refractivity contribution in [1.82, 2.24) is 4.90 Å². The van der Waals surface area contributed by atoms with Crippen LogP contribution >= 0.6 is 11.8 Å². The molecule has 0 aromatic heterocycles. The third-order valence-electron chi connectivity index (χ3n) is 2.30. The SMILES string of the molecule is NC1CCCN(C2=NCCS2)C1. The number of aliphatic imine (C=N–C) groups is 1. The molecule has 0 aromatic carbocycles. The molecule has 4 heteroatoms. The second kappa shape index (κ2) is 3.66. The van der Waals surface area contributed by atoms with Crippen molar-refractivity contribution in [3.63, 3.8) is 0 Å². The van der Waals surface area contributed by atoms with Crippen molar-refractivity contribution in [3.05, 3.63) is 0 Å². The van der Waals surface area contributed by atoms with Gasteiger partial charge in [-0.15, -0.1) is 0 Å². The first-order valence-electron chi connectivity index (χ1n) is 4.54. The largest absolute Gasteiger partial charge is 0.350 e. The fraction of sp³-hybridized carbons (Fsp3) is 0.875. The molecule has 0 bridgehead atoms. The van der Waals surface area contributed by atoms with E-state index >= 15 is 0 Å². The molecule has 0 spiro atoms. The monoisotopic (exact) mass is 185 g/mol. The molecule has 1 atom stereocenters. The van der Waals surface area contributed by atoms with Gasteiger partial charge in [0.25, 0.3) is 0 Å². The summed E-state index contributed by atoms with van der Waals surface area (Å²) >= 11 is 1.87. The summed E-state index contributed by atoms with van der Waals surface area (Å²) in [6.07, 6.45) is 2.40. The number of likely N-dealkylation sites (tertiary alicyclic amines) is 1. The van der Waals surface area contributed by atoms with E-state index in [0.717, 1.165) is 25.4 Å². The van der Waals surface area contributed by atoms with Crippen LogP contribution in [-0.2, 0) is 0 Å². The summed E-state index contributed by atoms with van der Waals surface area (Å²) in [4.78, 5) is 6.78. The molecule has 0 aliphatic carbocycles. The maximum Gasteiger partial charge on any atom is 0.159 e. The van der Waals surface area contributed by atoms with Crippen LogP contribution in [0.15, 0.2) is 4.99 Å². The summed E-state index contributed by atoms with van der Waals surface area (Å²) in [5.41, 5.74) is 5.89. The number of nitrogens with zero attached hydrogens (tertiary/aromatic N) is 2. The fourth-order valence-electron chi connectivity index (χ4n) is 1.70.